The number of carbonyl (C=O) groups excluding carboxylic acids is 1. The van der Waals surface area contributed by atoms with Gasteiger partial charge in [0.2, 0.25) is 5.91 Å². The fourth-order valence-electron chi connectivity index (χ4n) is 4.05. The summed E-state index contributed by atoms with van der Waals surface area (Å²) in [6.07, 6.45) is 0. The molecule has 0 bridgehead atoms. The van der Waals surface area contributed by atoms with E-state index in [1.165, 1.54) is 30.0 Å². The van der Waals surface area contributed by atoms with E-state index in [4.69, 9.17) is 9.72 Å². The number of para-hydroxylation sites is 1. The standard InChI is InChI=1S/C23H27N5O4S/c1-15(22(29)24-19-14-17(28(30)31)8-9-20(19)32-3)26-10-12-27(13-11-26)16(2)23-25-18-6-4-5-7-21(18)33-23/h4-9,14-16H,10-13H2,1-3H3,(H,24,29)/t15-,16+/m0/s1. The lowest BCUT2D eigenvalue weighted by Crippen LogP contribution is -2.53. The van der Waals surface area contributed by atoms with Gasteiger partial charge in [-0.1, -0.05) is 12.1 Å². The Morgan fingerprint density at radius 1 is 1.15 bits per heavy atom. The highest BCUT2D eigenvalue weighted by Gasteiger charge is 2.29. The van der Waals surface area contributed by atoms with E-state index in [2.05, 4.69) is 28.1 Å². The van der Waals surface area contributed by atoms with E-state index in [0.717, 1.165) is 36.7 Å². The first-order chi connectivity index (χ1) is 15.9. The van der Waals surface area contributed by atoms with E-state index in [1.807, 2.05) is 25.1 Å². The molecule has 174 valence electrons. The van der Waals surface area contributed by atoms with Crippen molar-refractivity contribution in [2.75, 3.05) is 38.6 Å². The lowest BCUT2D eigenvalue weighted by Gasteiger charge is -2.39. The van der Waals surface area contributed by atoms with Crippen molar-refractivity contribution in [3.63, 3.8) is 0 Å². The molecule has 1 aromatic heterocycles. The first-order valence-electron chi connectivity index (χ1n) is 10.8. The predicted octanol–water partition coefficient (Wildman–Crippen LogP) is 3.92. The van der Waals surface area contributed by atoms with Crippen molar-refractivity contribution in [1.29, 1.82) is 0 Å². The molecule has 0 aliphatic carbocycles. The molecule has 1 saturated heterocycles. The van der Waals surface area contributed by atoms with Crippen LogP contribution in [0.4, 0.5) is 11.4 Å². The molecule has 1 N–H and O–H groups in total. The number of non-ortho nitro benzene ring substituents is 1. The monoisotopic (exact) mass is 469 g/mol. The Hall–Kier alpha value is -3.08. The number of nitro groups is 1. The minimum atomic E-state index is -0.496. The maximum absolute atomic E-state index is 12.9. The molecule has 3 aromatic rings. The number of fused-ring (bicyclic) bond motifs is 1. The average Bonchev–Trinajstić information content (AvgIpc) is 3.27. The molecule has 33 heavy (non-hydrogen) atoms. The highest BCUT2D eigenvalue weighted by Crippen LogP contribution is 2.31. The molecule has 1 aliphatic heterocycles. The van der Waals surface area contributed by atoms with Gasteiger partial charge in [-0.05, 0) is 32.0 Å². The topological polar surface area (TPSA) is 101 Å². The average molecular weight is 470 g/mol. The minimum absolute atomic E-state index is 0.101. The van der Waals surface area contributed by atoms with Gasteiger partial charge in [-0.2, -0.15) is 0 Å². The van der Waals surface area contributed by atoms with Crippen LogP contribution in [0.5, 0.6) is 5.75 Å². The van der Waals surface area contributed by atoms with Crippen molar-refractivity contribution >= 4 is 38.8 Å². The third-order valence-corrected chi connectivity index (χ3v) is 7.35. The minimum Gasteiger partial charge on any atom is -0.495 e. The molecule has 2 heterocycles. The summed E-state index contributed by atoms with van der Waals surface area (Å²) in [6, 6.07) is 12.2. The number of thiazole rings is 1. The summed E-state index contributed by atoms with van der Waals surface area (Å²) in [5, 5.41) is 15.0. The van der Waals surface area contributed by atoms with E-state index in [0.29, 0.717) is 11.4 Å². The number of methoxy groups -OCH3 is 1. The maximum Gasteiger partial charge on any atom is 0.271 e. The molecule has 1 aliphatic rings. The Balaban J connectivity index is 1.37. The summed E-state index contributed by atoms with van der Waals surface area (Å²) in [6.45, 7) is 7.18. The quantitative estimate of drug-likeness (QED) is 0.413. The number of nitrogens with one attached hydrogen (secondary N) is 1. The van der Waals surface area contributed by atoms with Crippen LogP contribution in [0.1, 0.15) is 24.9 Å². The fourth-order valence-corrected chi connectivity index (χ4v) is 5.10. The zero-order valence-electron chi connectivity index (χ0n) is 18.9. The van der Waals surface area contributed by atoms with Gasteiger partial charge >= 0.3 is 0 Å². The van der Waals surface area contributed by atoms with E-state index in [1.54, 1.807) is 11.3 Å². The zero-order valence-corrected chi connectivity index (χ0v) is 19.7. The molecular formula is C23H27N5O4S. The largest absolute Gasteiger partial charge is 0.495 e. The van der Waals surface area contributed by atoms with Crippen molar-refractivity contribution in [2.45, 2.75) is 25.9 Å². The number of carbonyl (C=O) groups is 1. The van der Waals surface area contributed by atoms with E-state index < -0.39 is 4.92 Å². The molecule has 0 radical (unpaired) electrons. The van der Waals surface area contributed by atoms with Crippen LogP contribution in [0, 0.1) is 10.1 Å². The van der Waals surface area contributed by atoms with E-state index in [-0.39, 0.29) is 23.7 Å². The molecule has 4 rings (SSSR count). The number of nitrogens with zero attached hydrogens (tertiary/aromatic N) is 4. The van der Waals surface area contributed by atoms with Crippen LogP contribution >= 0.6 is 11.3 Å². The highest BCUT2D eigenvalue weighted by molar-refractivity contribution is 7.18. The van der Waals surface area contributed by atoms with Crippen molar-refractivity contribution < 1.29 is 14.5 Å². The maximum atomic E-state index is 12.9. The van der Waals surface area contributed by atoms with E-state index in [9.17, 15) is 14.9 Å². The van der Waals surface area contributed by atoms with Crippen molar-refractivity contribution in [1.82, 2.24) is 14.8 Å². The summed E-state index contributed by atoms with van der Waals surface area (Å²) in [5.74, 6) is 0.164. The van der Waals surface area contributed by atoms with Crippen molar-refractivity contribution in [3.05, 3.63) is 57.6 Å². The van der Waals surface area contributed by atoms with Gasteiger partial charge in [0.25, 0.3) is 5.69 Å². The number of hydrogen-bond acceptors (Lipinski definition) is 8. The van der Waals surface area contributed by atoms with Gasteiger partial charge in [-0.15, -0.1) is 11.3 Å². The van der Waals surface area contributed by atoms with E-state index >= 15 is 0 Å². The summed E-state index contributed by atoms with van der Waals surface area (Å²) in [7, 11) is 1.46. The second-order valence-corrected chi connectivity index (χ2v) is 9.14. The van der Waals surface area contributed by atoms with Crippen LogP contribution < -0.4 is 10.1 Å². The van der Waals surface area contributed by atoms with Gasteiger partial charge in [-0.25, -0.2) is 4.98 Å². The zero-order chi connectivity index (χ0) is 23.5. The Labute approximate surface area is 196 Å². The molecule has 10 heteroatoms. The summed E-state index contributed by atoms with van der Waals surface area (Å²) in [4.78, 5) is 32.8. The number of amides is 1. The van der Waals surface area contributed by atoms with Crippen LogP contribution in [0.25, 0.3) is 10.2 Å². The number of rotatable bonds is 7. The lowest BCUT2D eigenvalue weighted by atomic mass is 10.1. The SMILES string of the molecule is COc1ccc([N+](=O)[O-])cc1NC(=O)[C@H](C)N1CCN([C@H](C)c2nc3ccccc3s2)CC1. The number of aromatic nitrogens is 1. The summed E-state index contributed by atoms with van der Waals surface area (Å²) in [5.41, 5.74) is 1.23. The van der Waals surface area contributed by atoms with Crippen LogP contribution in [0.15, 0.2) is 42.5 Å². The number of nitro benzene ring substituents is 1. The van der Waals surface area contributed by atoms with Gasteiger partial charge in [0, 0.05) is 38.3 Å². The second-order valence-electron chi connectivity index (χ2n) is 8.07. The number of piperazine rings is 1. The molecule has 1 fully saturated rings. The van der Waals surface area contributed by atoms with Gasteiger partial charge in [0.1, 0.15) is 10.8 Å². The first kappa shape index (κ1) is 23.1. The molecule has 0 unspecified atom stereocenters. The summed E-state index contributed by atoms with van der Waals surface area (Å²) >= 11 is 1.73. The van der Waals surface area contributed by atoms with Crippen LogP contribution in [-0.2, 0) is 4.79 Å². The number of benzene rings is 2. The van der Waals surface area contributed by atoms with Gasteiger partial charge < -0.3 is 10.1 Å². The molecule has 9 nitrogen and oxygen atoms in total. The smallest absolute Gasteiger partial charge is 0.271 e. The third-order valence-electron chi connectivity index (χ3n) is 6.14. The third kappa shape index (κ3) is 4.97. The first-order valence-corrected chi connectivity index (χ1v) is 11.7. The van der Waals surface area contributed by atoms with Crippen molar-refractivity contribution in [3.8, 4) is 5.75 Å². The van der Waals surface area contributed by atoms with Gasteiger partial charge in [0.15, 0.2) is 0 Å². The lowest BCUT2D eigenvalue weighted by molar-refractivity contribution is -0.384. The Kier molecular flexibility index (Phi) is 6.87. The molecule has 2 atom stereocenters. The molecular weight excluding hydrogens is 442 g/mol. The molecule has 0 saturated carbocycles. The summed E-state index contributed by atoms with van der Waals surface area (Å²) < 4.78 is 6.44. The van der Waals surface area contributed by atoms with Gasteiger partial charge in [-0.3, -0.25) is 24.7 Å². The highest BCUT2D eigenvalue weighted by atomic mass is 32.1. The van der Waals surface area contributed by atoms with Crippen LogP contribution in [0.2, 0.25) is 0 Å². The number of anilines is 1. The van der Waals surface area contributed by atoms with Crippen LogP contribution in [-0.4, -0.2) is 64.9 Å². The second kappa shape index (κ2) is 9.82. The molecule has 1 amide bonds. The number of ether oxygens (including phenoxy) is 1. The Morgan fingerprint density at radius 3 is 2.52 bits per heavy atom. The molecule has 2 aromatic carbocycles. The Morgan fingerprint density at radius 2 is 1.85 bits per heavy atom. The van der Waals surface area contributed by atoms with Crippen molar-refractivity contribution in [2.24, 2.45) is 0 Å². The fraction of sp³-hybridized carbons (Fsp3) is 0.391. The van der Waals surface area contributed by atoms with Gasteiger partial charge in [0.05, 0.1) is 40.0 Å². The predicted molar refractivity (Wildman–Crippen MR) is 129 cm³/mol. The Bertz CT molecular complexity index is 1130. The van der Waals surface area contributed by atoms with Crippen LogP contribution in [0.3, 0.4) is 0 Å². The normalized spacial score (nSPS) is 16.9. The number of hydrogen-bond donors (Lipinski definition) is 1. The molecule has 0 spiro atoms.